The van der Waals surface area contributed by atoms with Crippen LogP contribution >= 0.6 is 0 Å². The molecule has 2 N–H and O–H groups in total. The highest BCUT2D eigenvalue weighted by Crippen LogP contribution is 2.13. The fourth-order valence-electron chi connectivity index (χ4n) is 0.604. The molecule has 0 aromatic carbocycles. The lowest BCUT2D eigenvalue weighted by atomic mass is 10.0. The van der Waals surface area contributed by atoms with Gasteiger partial charge in [0.05, 0.1) is 5.75 Å². The number of sulfonamides is 1. The van der Waals surface area contributed by atoms with Crippen molar-refractivity contribution in [1.29, 1.82) is 0 Å². The van der Waals surface area contributed by atoms with Gasteiger partial charge >= 0.3 is 0 Å². The molecule has 0 aromatic rings. The molecule has 0 unspecified atom stereocenters. The van der Waals surface area contributed by atoms with Crippen LogP contribution in [0.1, 0.15) is 20.8 Å². The first kappa shape index (κ1) is 8.91. The monoisotopic (exact) mass is 151 g/mol. The highest BCUT2D eigenvalue weighted by atomic mass is 32.2. The van der Waals surface area contributed by atoms with Gasteiger partial charge in [0, 0.05) is 0 Å². The van der Waals surface area contributed by atoms with E-state index in [1.165, 1.54) is 0 Å². The zero-order valence-electron chi connectivity index (χ0n) is 6.01. The number of hydrogen-bond acceptors (Lipinski definition) is 2. The quantitative estimate of drug-likeness (QED) is 0.586. The van der Waals surface area contributed by atoms with Crippen LogP contribution in [0.3, 0.4) is 0 Å². The molecule has 0 atom stereocenters. The molecule has 0 saturated heterocycles. The van der Waals surface area contributed by atoms with E-state index in [1.807, 2.05) is 20.8 Å². The lowest BCUT2D eigenvalue weighted by Gasteiger charge is -2.14. The molecule has 0 aliphatic carbocycles. The predicted molar refractivity (Wildman–Crippen MR) is 37.4 cm³/mol. The van der Waals surface area contributed by atoms with E-state index in [-0.39, 0.29) is 11.2 Å². The van der Waals surface area contributed by atoms with Gasteiger partial charge in [0.2, 0.25) is 10.0 Å². The second kappa shape index (κ2) is 2.27. The topological polar surface area (TPSA) is 60.2 Å². The standard InChI is InChI=1S/C5H13NO2S/c1-5(2,3)4-9(6,7)8/h4H2,1-3H3,(H2,6,7,8). The van der Waals surface area contributed by atoms with Crippen LogP contribution in [0.25, 0.3) is 0 Å². The van der Waals surface area contributed by atoms with Crippen molar-refractivity contribution >= 4 is 10.0 Å². The maximum absolute atomic E-state index is 10.4. The van der Waals surface area contributed by atoms with Crippen LogP contribution in [0.15, 0.2) is 0 Å². The van der Waals surface area contributed by atoms with Crippen molar-refractivity contribution in [3.63, 3.8) is 0 Å². The van der Waals surface area contributed by atoms with E-state index in [2.05, 4.69) is 0 Å². The summed E-state index contributed by atoms with van der Waals surface area (Å²) in [6.07, 6.45) is 0. The second-order valence-electron chi connectivity index (χ2n) is 3.37. The lowest BCUT2D eigenvalue weighted by Crippen LogP contribution is -2.26. The Bertz CT molecular complexity index is 176. The molecule has 9 heavy (non-hydrogen) atoms. The number of primary sulfonamides is 1. The molecule has 56 valence electrons. The first-order valence-electron chi connectivity index (χ1n) is 2.71. The van der Waals surface area contributed by atoms with Gasteiger partial charge in [-0.3, -0.25) is 0 Å². The molecule has 0 aromatic heterocycles. The molecular weight excluding hydrogens is 138 g/mol. The maximum Gasteiger partial charge on any atom is 0.209 e. The highest BCUT2D eigenvalue weighted by Gasteiger charge is 2.17. The molecule has 4 heteroatoms. The zero-order chi connectivity index (χ0) is 7.71. The van der Waals surface area contributed by atoms with Crippen LogP contribution in [0.4, 0.5) is 0 Å². The van der Waals surface area contributed by atoms with Crippen molar-refractivity contribution in [2.45, 2.75) is 20.8 Å². The molecule has 0 saturated carbocycles. The fraction of sp³-hybridized carbons (Fsp3) is 1.00. The molecule has 0 radical (unpaired) electrons. The lowest BCUT2D eigenvalue weighted by molar-refractivity contribution is 0.462. The van der Waals surface area contributed by atoms with Gasteiger partial charge in [0.1, 0.15) is 0 Å². The Morgan fingerprint density at radius 2 is 1.67 bits per heavy atom. The largest absolute Gasteiger partial charge is 0.229 e. The van der Waals surface area contributed by atoms with E-state index >= 15 is 0 Å². The summed E-state index contributed by atoms with van der Waals surface area (Å²) in [6.45, 7) is 5.49. The smallest absolute Gasteiger partial charge is 0.209 e. The van der Waals surface area contributed by atoms with Crippen molar-refractivity contribution in [1.82, 2.24) is 0 Å². The Labute approximate surface area is 56.3 Å². The van der Waals surface area contributed by atoms with Crippen LogP contribution in [0.2, 0.25) is 0 Å². The fourth-order valence-corrected chi connectivity index (χ4v) is 1.81. The average Bonchev–Trinajstić information content (AvgIpc) is 1.14. The predicted octanol–water partition coefficient (Wildman–Crippen LogP) is 0.321. The van der Waals surface area contributed by atoms with Crippen molar-refractivity contribution in [3.8, 4) is 0 Å². The van der Waals surface area contributed by atoms with Gasteiger partial charge < -0.3 is 0 Å². The molecule has 0 spiro atoms. The molecule has 0 heterocycles. The summed E-state index contributed by atoms with van der Waals surface area (Å²) in [6, 6.07) is 0. The Morgan fingerprint density at radius 1 is 1.33 bits per heavy atom. The summed E-state index contributed by atoms with van der Waals surface area (Å²) >= 11 is 0. The van der Waals surface area contributed by atoms with E-state index in [1.54, 1.807) is 0 Å². The summed E-state index contributed by atoms with van der Waals surface area (Å²) in [4.78, 5) is 0. The first-order chi connectivity index (χ1) is 3.71. The van der Waals surface area contributed by atoms with Gasteiger partial charge in [-0.1, -0.05) is 20.8 Å². The van der Waals surface area contributed by atoms with Gasteiger partial charge in [-0.2, -0.15) is 0 Å². The van der Waals surface area contributed by atoms with Crippen molar-refractivity contribution in [3.05, 3.63) is 0 Å². The van der Waals surface area contributed by atoms with Crippen LogP contribution in [-0.4, -0.2) is 14.2 Å². The second-order valence-corrected chi connectivity index (χ2v) is 4.98. The van der Waals surface area contributed by atoms with E-state index in [0.29, 0.717) is 0 Å². The number of hydrogen-bond donors (Lipinski definition) is 1. The minimum atomic E-state index is -3.28. The third-order valence-electron chi connectivity index (χ3n) is 0.634. The first-order valence-corrected chi connectivity index (χ1v) is 4.43. The summed E-state index contributed by atoms with van der Waals surface area (Å²) in [7, 11) is -3.28. The molecule has 0 fully saturated rings. The van der Waals surface area contributed by atoms with E-state index in [0.717, 1.165) is 0 Å². The minimum absolute atomic E-state index is 0.0417. The molecule has 0 aliphatic heterocycles. The van der Waals surface area contributed by atoms with Gasteiger partial charge in [0.25, 0.3) is 0 Å². The van der Waals surface area contributed by atoms with E-state index in [4.69, 9.17) is 5.14 Å². The molecular formula is C5H13NO2S. The third-order valence-corrected chi connectivity index (χ3v) is 1.90. The zero-order valence-corrected chi connectivity index (χ0v) is 6.83. The van der Waals surface area contributed by atoms with E-state index < -0.39 is 10.0 Å². The Hall–Kier alpha value is -0.0900. The molecule has 3 nitrogen and oxygen atoms in total. The summed E-state index contributed by atoms with van der Waals surface area (Å²) in [5.74, 6) is 0.0417. The Morgan fingerprint density at radius 3 is 1.67 bits per heavy atom. The summed E-state index contributed by atoms with van der Waals surface area (Å²) in [5, 5.41) is 4.79. The van der Waals surface area contributed by atoms with Gasteiger partial charge in [-0.15, -0.1) is 0 Å². The van der Waals surface area contributed by atoms with Crippen LogP contribution < -0.4 is 5.14 Å². The summed E-state index contributed by atoms with van der Waals surface area (Å²) < 4.78 is 20.8. The minimum Gasteiger partial charge on any atom is -0.229 e. The van der Waals surface area contributed by atoms with Crippen LogP contribution in [-0.2, 0) is 10.0 Å². The SMILES string of the molecule is CC(C)(C)CS(N)(=O)=O. The van der Waals surface area contributed by atoms with Crippen molar-refractivity contribution in [2.75, 3.05) is 5.75 Å². The molecule has 0 amide bonds. The van der Waals surface area contributed by atoms with E-state index in [9.17, 15) is 8.42 Å². The van der Waals surface area contributed by atoms with Crippen LogP contribution in [0.5, 0.6) is 0 Å². The molecule has 0 rings (SSSR count). The van der Waals surface area contributed by atoms with Gasteiger partial charge in [-0.25, -0.2) is 13.6 Å². The molecule has 0 bridgehead atoms. The summed E-state index contributed by atoms with van der Waals surface area (Å²) in [5.41, 5.74) is -0.229. The maximum atomic E-state index is 10.4. The Balaban J connectivity index is 4.07. The normalized spacial score (nSPS) is 13.8. The van der Waals surface area contributed by atoms with Crippen LogP contribution in [0, 0.1) is 5.41 Å². The van der Waals surface area contributed by atoms with Gasteiger partial charge in [0.15, 0.2) is 0 Å². The molecule has 0 aliphatic rings. The number of rotatable bonds is 1. The third kappa shape index (κ3) is 7.91. The van der Waals surface area contributed by atoms with Crippen molar-refractivity contribution in [2.24, 2.45) is 10.6 Å². The number of nitrogens with two attached hydrogens (primary N) is 1. The highest BCUT2D eigenvalue weighted by molar-refractivity contribution is 7.89. The average molecular weight is 151 g/mol. The Kier molecular flexibility index (Phi) is 2.24. The van der Waals surface area contributed by atoms with Gasteiger partial charge in [-0.05, 0) is 5.41 Å². The van der Waals surface area contributed by atoms with Crippen molar-refractivity contribution < 1.29 is 8.42 Å².